The third-order valence-electron chi connectivity index (χ3n) is 11.8. The molecule has 0 aliphatic heterocycles. The third kappa shape index (κ3) is 5.70. The number of rotatable bonds is 7. The highest BCUT2D eigenvalue weighted by Crippen LogP contribution is 2.58. The van der Waals surface area contributed by atoms with Crippen LogP contribution >= 0.6 is 0 Å². The highest BCUT2D eigenvalue weighted by Gasteiger charge is 2.47. The van der Waals surface area contributed by atoms with Gasteiger partial charge >= 0.3 is 0 Å². The summed E-state index contributed by atoms with van der Waals surface area (Å²) in [7, 11) is 0. The van der Waals surface area contributed by atoms with Crippen molar-refractivity contribution in [3.8, 4) is 67.5 Å². The summed E-state index contributed by atoms with van der Waals surface area (Å²) < 4.78 is 0. The summed E-state index contributed by atoms with van der Waals surface area (Å²) in [5, 5.41) is 2.47. The van der Waals surface area contributed by atoms with E-state index in [1.54, 1.807) is 0 Å². The summed E-state index contributed by atoms with van der Waals surface area (Å²) in [6.45, 7) is 0. The van der Waals surface area contributed by atoms with E-state index in [9.17, 15) is 0 Å². The number of hydrogen-bond acceptors (Lipinski definition) is 3. The third-order valence-corrected chi connectivity index (χ3v) is 11.8. The zero-order chi connectivity index (χ0) is 39.2. The molecule has 276 valence electrons. The van der Waals surface area contributed by atoms with Crippen molar-refractivity contribution in [3.05, 3.63) is 247 Å². The fourth-order valence-electron chi connectivity index (χ4n) is 9.28. The molecule has 0 N–H and O–H groups in total. The Morgan fingerprint density at radius 2 is 0.729 bits per heavy atom. The van der Waals surface area contributed by atoms with Crippen LogP contribution in [0.25, 0.3) is 78.3 Å². The van der Waals surface area contributed by atoms with Gasteiger partial charge in [0.2, 0.25) is 0 Å². The molecule has 0 radical (unpaired) electrons. The van der Waals surface area contributed by atoms with E-state index in [4.69, 9.17) is 15.0 Å². The van der Waals surface area contributed by atoms with Crippen LogP contribution in [0.5, 0.6) is 0 Å². The molecule has 59 heavy (non-hydrogen) atoms. The molecule has 0 saturated heterocycles. The second-order valence-corrected chi connectivity index (χ2v) is 15.1. The first-order valence-electron chi connectivity index (χ1n) is 20.1. The minimum atomic E-state index is -0.498. The second kappa shape index (κ2) is 14.3. The summed E-state index contributed by atoms with van der Waals surface area (Å²) in [6.07, 6.45) is 0. The lowest BCUT2D eigenvalue weighted by atomic mass is 9.66. The average molecular weight is 752 g/mol. The Bertz CT molecular complexity index is 3040. The van der Waals surface area contributed by atoms with Crippen LogP contribution in [0.15, 0.2) is 224 Å². The number of aromatic nitrogens is 3. The van der Waals surface area contributed by atoms with Crippen LogP contribution in [-0.4, -0.2) is 15.0 Å². The zero-order valence-corrected chi connectivity index (χ0v) is 32.2. The molecule has 1 aliphatic carbocycles. The molecule has 0 unspecified atom stereocenters. The van der Waals surface area contributed by atoms with Crippen molar-refractivity contribution in [2.45, 2.75) is 5.41 Å². The van der Waals surface area contributed by atoms with E-state index < -0.39 is 5.41 Å². The van der Waals surface area contributed by atoms with Gasteiger partial charge in [0.05, 0.1) is 5.41 Å². The Morgan fingerprint density at radius 1 is 0.271 bits per heavy atom. The fourth-order valence-corrected chi connectivity index (χ4v) is 9.28. The van der Waals surface area contributed by atoms with Gasteiger partial charge in [-0.25, -0.2) is 15.0 Å². The fraction of sp³-hybridized carbons (Fsp3) is 0.0179. The molecule has 3 nitrogen and oxygen atoms in total. The molecular weight excluding hydrogens is 715 g/mol. The van der Waals surface area contributed by atoms with Gasteiger partial charge in [0, 0.05) is 16.7 Å². The van der Waals surface area contributed by atoms with Crippen LogP contribution in [0.2, 0.25) is 0 Å². The standard InChI is InChI=1S/C56H37N3/c1-5-19-38(20-6-1)53-57-54(39-21-7-2-8-22-39)59-55(58-53)41-24-17-23-40(37-41)44-29-13-14-30-45(44)46-32-18-33-49-47(46)35-36-50-48-31-15-16-34-51(48)56(52(49)50,42-25-9-3-10-26-42)43-27-11-4-12-28-43/h1-37H. The average Bonchev–Trinajstić information content (AvgIpc) is 3.64. The van der Waals surface area contributed by atoms with Crippen molar-refractivity contribution in [1.29, 1.82) is 0 Å². The van der Waals surface area contributed by atoms with E-state index in [-0.39, 0.29) is 0 Å². The maximum absolute atomic E-state index is 5.05. The summed E-state index contributed by atoms with van der Waals surface area (Å²) in [5.74, 6) is 1.93. The van der Waals surface area contributed by atoms with Crippen LogP contribution in [0, 0.1) is 0 Å². The summed E-state index contributed by atoms with van der Waals surface area (Å²) in [6, 6.07) is 80.2. The molecule has 9 aromatic carbocycles. The highest BCUT2D eigenvalue weighted by molar-refractivity contribution is 6.07. The van der Waals surface area contributed by atoms with E-state index in [0.717, 1.165) is 27.8 Å². The van der Waals surface area contributed by atoms with E-state index in [1.165, 1.54) is 55.3 Å². The van der Waals surface area contributed by atoms with Gasteiger partial charge in [-0.3, -0.25) is 0 Å². The normalized spacial score (nSPS) is 12.5. The summed E-state index contributed by atoms with van der Waals surface area (Å²) in [4.78, 5) is 15.0. The van der Waals surface area contributed by atoms with Gasteiger partial charge in [0.15, 0.2) is 17.5 Å². The lowest BCUT2D eigenvalue weighted by Gasteiger charge is -2.34. The molecule has 0 fully saturated rings. The Labute approximate surface area is 344 Å². The van der Waals surface area contributed by atoms with Crippen molar-refractivity contribution < 1.29 is 0 Å². The monoisotopic (exact) mass is 751 g/mol. The highest BCUT2D eigenvalue weighted by atomic mass is 15.0. The Hall–Kier alpha value is -7.75. The second-order valence-electron chi connectivity index (χ2n) is 15.1. The SMILES string of the molecule is c1ccc(-c2nc(-c3ccccc3)nc(-c3cccc(-c4ccccc4-c4cccc5c6c(ccc45)-c4ccccc4C6(c4ccccc4)c4ccccc4)c3)n2)cc1. The van der Waals surface area contributed by atoms with Gasteiger partial charge in [0.1, 0.15) is 0 Å². The Balaban J connectivity index is 1.10. The number of benzene rings is 9. The van der Waals surface area contributed by atoms with E-state index in [2.05, 4.69) is 164 Å². The minimum Gasteiger partial charge on any atom is -0.208 e. The van der Waals surface area contributed by atoms with Crippen molar-refractivity contribution in [2.24, 2.45) is 0 Å². The van der Waals surface area contributed by atoms with Gasteiger partial charge in [-0.05, 0) is 72.5 Å². The van der Waals surface area contributed by atoms with Crippen molar-refractivity contribution >= 4 is 10.8 Å². The molecule has 0 bridgehead atoms. The topological polar surface area (TPSA) is 38.7 Å². The summed E-state index contributed by atoms with van der Waals surface area (Å²) >= 11 is 0. The first-order valence-corrected chi connectivity index (χ1v) is 20.1. The van der Waals surface area contributed by atoms with Crippen LogP contribution in [-0.2, 0) is 5.41 Å². The van der Waals surface area contributed by atoms with Crippen LogP contribution in [0.4, 0.5) is 0 Å². The van der Waals surface area contributed by atoms with Gasteiger partial charge in [-0.1, -0.05) is 218 Å². The molecule has 3 heteroatoms. The van der Waals surface area contributed by atoms with Gasteiger partial charge in [0.25, 0.3) is 0 Å². The molecule has 0 atom stereocenters. The largest absolute Gasteiger partial charge is 0.208 e. The molecule has 1 aromatic heterocycles. The van der Waals surface area contributed by atoms with E-state index in [1.807, 2.05) is 60.7 Å². The molecule has 10 aromatic rings. The van der Waals surface area contributed by atoms with Crippen LogP contribution in [0.1, 0.15) is 22.3 Å². The zero-order valence-electron chi connectivity index (χ0n) is 32.2. The predicted molar refractivity (Wildman–Crippen MR) is 242 cm³/mol. The van der Waals surface area contributed by atoms with Crippen molar-refractivity contribution in [2.75, 3.05) is 0 Å². The Morgan fingerprint density at radius 3 is 1.36 bits per heavy atom. The number of fused-ring (bicyclic) bond motifs is 5. The molecule has 0 amide bonds. The first kappa shape index (κ1) is 34.5. The first-order chi connectivity index (χ1) is 29.3. The van der Waals surface area contributed by atoms with Crippen LogP contribution < -0.4 is 0 Å². The summed E-state index contributed by atoms with van der Waals surface area (Å²) in [5.41, 5.74) is 14.6. The quantitative estimate of drug-likeness (QED) is 0.163. The minimum absolute atomic E-state index is 0.498. The lowest BCUT2D eigenvalue weighted by molar-refractivity contribution is 0.775. The lowest BCUT2D eigenvalue weighted by Crippen LogP contribution is -2.28. The number of hydrogen-bond donors (Lipinski definition) is 0. The number of nitrogens with zero attached hydrogens (tertiary/aromatic N) is 3. The Kier molecular flexibility index (Phi) is 8.37. The van der Waals surface area contributed by atoms with Crippen molar-refractivity contribution in [1.82, 2.24) is 15.0 Å². The van der Waals surface area contributed by atoms with Gasteiger partial charge in [-0.2, -0.15) is 0 Å². The van der Waals surface area contributed by atoms with E-state index in [0.29, 0.717) is 17.5 Å². The predicted octanol–water partition coefficient (Wildman–Crippen LogP) is 13.7. The molecule has 0 saturated carbocycles. The molecular formula is C56H37N3. The van der Waals surface area contributed by atoms with Crippen molar-refractivity contribution in [3.63, 3.8) is 0 Å². The molecule has 0 spiro atoms. The van der Waals surface area contributed by atoms with Gasteiger partial charge < -0.3 is 0 Å². The molecule has 1 aliphatic rings. The smallest absolute Gasteiger partial charge is 0.164 e. The van der Waals surface area contributed by atoms with Crippen LogP contribution in [0.3, 0.4) is 0 Å². The maximum atomic E-state index is 5.05. The van der Waals surface area contributed by atoms with Gasteiger partial charge in [-0.15, -0.1) is 0 Å². The maximum Gasteiger partial charge on any atom is 0.164 e. The molecule has 1 heterocycles. The van der Waals surface area contributed by atoms with E-state index >= 15 is 0 Å². The molecule has 11 rings (SSSR count).